The first kappa shape index (κ1) is 17.3. The van der Waals surface area contributed by atoms with Crippen molar-refractivity contribution >= 4 is 11.7 Å². The van der Waals surface area contributed by atoms with Crippen LogP contribution in [0.25, 0.3) is 0 Å². The summed E-state index contributed by atoms with van der Waals surface area (Å²) in [5.74, 6) is -0.266. The third kappa shape index (κ3) is 4.10. The zero-order valence-corrected chi connectivity index (χ0v) is 14.8. The quantitative estimate of drug-likeness (QED) is 0.928. The lowest BCUT2D eigenvalue weighted by Crippen LogP contribution is -2.51. The van der Waals surface area contributed by atoms with E-state index >= 15 is 0 Å². The number of hydrogen-bond acceptors (Lipinski definition) is 2. The van der Waals surface area contributed by atoms with Gasteiger partial charge in [0.2, 0.25) is 0 Å². The Morgan fingerprint density at radius 1 is 1.04 bits per heavy atom. The first-order chi connectivity index (χ1) is 12.0. The first-order valence-corrected chi connectivity index (χ1v) is 8.63. The highest BCUT2D eigenvalue weighted by atomic mass is 19.1. The number of nitrogens with zero attached hydrogens (tertiary/aromatic N) is 2. The number of aryl methyl sites for hydroxylation is 1. The Morgan fingerprint density at radius 3 is 2.40 bits per heavy atom. The molecule has 1 aliphatic heterocycles. The molecule has 1 N–H and O–H groups in total. The van der Waals surface area contributed by atoms with Crippen molar-refractivity contribution < 1.29 is 9.18 Å². The molecule has 1 heterocycles. The lowest BCUT2D eigenvalue weighted by molar-refractivity contribution is 0.194. The third-order valence-electron chi connectivity index (χ3n) is 4.84. The van der Waals surface area contributed by atoms with Crippen molar-refractivity contribution in [1.82, 2.24) is 10.2 Å². The molecule has 0 atom stereocenters. The van der Waals surface area contributed by atoms with Crippen LogP contribution in [0.15, 0.2) is 42.5 Å². The van der Waals surface area contributed by atoms with Gasteiger partial charge in [-0.05, 0) is 48.7 Å². The molecule has 25 heavy (non-hydrogen) atoms. The molecule has 2 aromatic carbocycles. The normalized spacial score (nSPS) is 14.5. The minimum atomic E-state index is -0.266. The minimum absolute atomic E-state index is 0.0649. The fourth-order valence-corrected chi connectivity index (χ4v) is 3.12. The van der Waals surface area contributed by atoms with Gasteiger partial charge in [-0.2, -0.15) is 0 Å². The van der Waals surface area contributed by atoms with Gasteiger partial charge in [0.1, 0.15) is 5.82 Å². The minimum Gasteiger partial charge on any atom is -0.368 e. The number of anilines is 1. The highest BCUT2D eigenvalue weighted by Gasteiger charge is 2.22. The summed E-state index contributed by atoms with van der Waals surface area (Å²) in [5, 5.41) is 2.91. The Labute approximate surface area is 148 Å². The van der Waals surface area contributed by atoms with E-state index in [2.05, 4.69) is 42.3 Å². The van der Waals surface area contributed by atoms with Gasteiger partial charge in [-0.25, -0.2) is 9.18 Å². The second kappa shape index (κ2) is 7.55. The van der Waals surface area contributed by atoms with Crippen LogP contribution in [0.2, 0.25) is 0 Å². The van der Waals surface area contributed by atoms with Gasteiger partial charge in [-0.1, -0.05) is 24.3 Å². The Morgan fingerprint density at radius 2 is 1.72 bits per heavy atom. The average Bonchev–Trinajstić information content (AvgIpc) is 2.63. The first-order valence-electron chi connectivity index (χ1n) is 8.63. The third-order valence-corrected chi connectivity index (χ3v) is 4.84. The van der Waals surface area contributed by atoms with E-state index in [-0.39, 0.29) is 11.8 Å². The van der Waals surface area contributed by atoms with Crippen LogP contribution in [-0.4, -0.2) is 37.1 Å². The zero-order chi connectivity index (χ0) is 17.8. The van der Waals surface area contributed by atoms with Crippen LogP contribution in [0, 0.1) is 19.7 Å². The lowest BCUT2D eigenvalue weighted by atomic mass is 10.1. The summed E-state index contributed by atoms with van der Waals surface area (Å²) in [6.07, 6.45) is 0. The Kier molecular flexibility index (Phi) is 5.22. The molecule has 0 aromatic heterocycles. The number of hydrogen-bond donors (Lipinski definition) is 1. The van der Waals surface area contributed by atoms with Crippen molar-refractivity contribution in [3.05, 3.63) is 65.0 Å². The Hall–Kier alpha value is -2.56. The highest BCUT2D eigenvalue weighted by molar-refractivity contribution is 5.74. The smallest absolute Gasteiger partial charge is 0.317 e. The highest BCUT2D eigenvalue weighted by Crippen LogP contribution is 2.23. The summed E-state index contributed by atoms with van der Waals surface area (Å²) < 4.78 is 12.9. The van der Waals surface area contributed by atoms with Crippen LogP contribution in [0.5, 0.6) is 0 Å². The molecule has 1 saturated heterocycles. The van der Waals surface area contributed by atoms with E-state index < -0.39 is 0 Å². The number of rotatable bonds is 3. The maximum atomic E-state index is 12.9. The second-order valence-electron chi connectivity index (χ2n) is 6.48. The van der Waals surface area contributed by atoms with E-state index in [0.29, 0.717) is 19.6 Å². The van der Waals surface area contributed by atoms with Gasteiger partial charge in [0, 0.05) is 38.4 Å². The summed E-state index contributed by atoms with van der Waals surface area (Å²) in [6, 6.07) is 12.5. The molecule has 5 heteroatoms. The summed E-state index contributed by atoms with van der Waals surface area (Å²) in [4.78, 5) is 16.5. The average molecular weight is 341 g/mol. The van der Waals surface area contributed by atoms with Gasteiger partial charge in [0.15, 0.2) is 0 Å². The van der Waals surface area contributed by atoms with E-state index in [9.17, 15) is 9.18 Å². The predicted molar refractivity (Wildman–Crippen MR) is 98.3 cm³/mol. The van der Waals surface area contributed by atoms with Gasteiger partial charge >= 0.3 is 6.03 Å². The molecule has 3 rings (SSSR count). The van der Waals surface area contributed by atoms with Crippen molar-refractivity contribution in [2.45, 2.75) is 20.4 Å². The Bertz CT molecular complexity index is 737. The summed E-state index contributed by atoms with van der Waals surface area (Å²) in [7, 11) is 0. The number of halogens is 1. The van der Waals surface area contributed by atoms with Crippen molar-refractivity contribution in [1.29, 1.82) is 0 Å². The summed E-state index contributed by atoms with van der Waals surface area (Å²) in [5.41, 5.74) is 4.74. The van der Waals surface area contributed by atoms with Crippen LogP contribution in [0.1, 0.15) is 16.7 Å². The maximum absolute atomic E-state index is 12.9. The van der Waals surface area contributed by atoms with Gasteiger partial charge in [-0.3, -0.25) is 0 Å². The number of carbonyl (C=O) groups excluding carboxylic acids is 1. The van der Waals surface area contributed by atoms with E-state index in [4.69, 9.17) is 0 Å². The number of amides is 2. The van der Waals surface area contributed by atoms with Crippen LogP contribution in [0.3, 0.4) is 0 Å². The van der Waals surface area contributed by atoms with Crippen molar-refractivity contribution in [2.24, 2.45) is 0 Å². The molecule has 0 spiro atoms. The SMILES string of the molecule is Cc1cccc(N2CCN(C(=O)NCc3ccc(F)cc3)CC2)c1C. The summed E-state index contributed by atoms with van der Waals surface area (Å²) in [6.45, 7) is 7.73. The van der Waals surface area contributed by atoms with E-state index in [1.165, 1.54) is 28.9 Å². The van der Waals surface area contributed by atoms with Crippen molar-refractivity contribution in [2.75, 3.05) is 31.1 Å². The number of piperazine rings is 1. The van der Waals surface area contributed by atoms with Crippen LogP contribution in [0.4, 0.5) is 14.9 Å². The Balaban J connectivity index is 1.52. The van der Waals surface area contributed by atoms with Crippen LogP contribution < -0.4 is 10.2 Å². The number of benzene rings is 2. The lowest BCUT2D eigenvalue weighted by Gasteiger charge is -2.37. The van der Waals surface area contributed by atoms with Gasteiger partial charge in [0.25, 0.3) is 0 Å². The van der Waals surface area contributed by atoms with Gasteiger partial charge < -0.3 is 15.1 Å². The number of carbonyl (C=O) groups is 1. The van der Waals surface area contributed by atoms with Crippen LogP contribution in [-0.2, 0) is 6.54 Å². The largest absolute Gasteiger partial charge is 0.368 e. The molecule has 1 fully saturated rings. The van der Waals surface area contributed by atoms with Crippen LogP contribution >= 0.6 is 0 Å². The number of nitrogens with one attached hydrogen (secondary N) is 1. The zero-order valence-electron chi connectivity index (χ0n) is 14.8. The molecule has 2 amide bonds. The van der Waals surface area contributed by atoms with Crippen molar-refractivity contribution in [3.8, 4) is 0 Å². The fourth-order valence-electron chi connectivity index (χ4n) is 3.12. The number of urea groups is 1. The monoisotopic (exact) mass is 341 g/mol. The molecule has 0 saturated carbocycles. The predicted octanol–water partition coefficient (Wildman–Crippen LogP) is 3.47. The molecule has 4 nitrogen and oxygen atoms in total. The fraction of sp³-hybridized carbons (Fsp3) is 0.350. The molecular formula is C20H24FN3O. The van der Waals surface area contributed by atoms with Gasteiger partial charge in [0.05, 0.1) is 0 Å². The molecule has 0 aliphatic carbocycles. The van der Waals surface area contributed by atoms with E-state index in [0.717, 1.165) is 18.7 Å². The topological polar surface area (TPSA) is 35.6 Å². The molecule has 1 aliphatic rings. The van der Waals surface area contributed by atoms with E-state index in [1.807, 2.05) is 4.90 Å². The van der Waals surface area contributed by atoms with Crippen molar-refractivity contribution in [3.63, 3.8) is 0 Å². The van der Waals surface area contributed by atoms with Gasteiger partial charge in [-0.15, -0.1) is 0 Å². The molecule has 0 radical (unpaired) electrons. The molecule has 132 valence electrons. The van der Waals surface area contributed by atoms with E-state index in [1.54, 1.807) is 12.1 Å². The second-order valence-corrected chi connectivity index (χ2v) is 6.48. The molecular weight excluding hydrogens is 317 g/mol. The maximum Gasteiger partial charge on any atom is 0.317 e. The standard InChI is InChI=1S/C20H24FN3O/c1-15-4-3-5-19(16(15)2)23-10-12-24(13-11-23)20(25)22-14-17-6-8-18(21)9-7-17/h3-9H,10-14H2,1-2H3,(H,22,25). The molecule has 0 unspecified atom stereocenters. The molecule has 2 aromatic rings. The summed E-state index contributed by atoms with van der Waals surface area (Å²) >= 11 is 0. The molecule has 0 bridgehead atoms.